The summed E-state index contributed by atoms with van der Waals surface area (Å²) in [5.41, 5.74) is -4.88. The van der Waals surface area contributed by atoms with Gasteiger partial charge in [0.25, 0.3) is 0 Å². The van der Waals surface area contributed by atoms with Gasteiger partial charge in [-0.1, -0.05) is 163 Å². The van der Waals surface area contributed by atoms with E-state index in [2.05, 4.69) is 0 Å². The van der Waals surface area contributed by atoms with Gasteiger partial charge in [0.1, 0.15) is 11.2 Å². The van der Waals surface area contributed by atoms with E-state index in [1.165, 1.54) is 0 Å². The van der Waals surface area contributed by atoms with Gasteiger partial charge in [0, 0.05) is 10.8 Å². The highest BCUT2D eigenvalue weighted by Gasteiger charge is 2.22. The van der Waals surface area contributed by atoms with E-state index in [4.69, 9.17) is 25.0 Å². The first-order valence-corrected chi connectivity index (χ1v) is 15.0. The van der Waals surface area contributed by atoms with Crippen LogP contribution in [0.1, 0.15) is 31.5 Å². The third kappa shape index (κ3) is 4.33. The van der Waals surface area contributed by atoms with Gasteiger partial charge in [-0.25, -0.2) is 0 Å². The molecule has 10 aromatic rings. The van der Waals surface area contributed by atoms with E-state index in [1.807, 2.05) is 6.07 Å². The van der Waals surface area contributed by atoms with Gasteiger partial charge < -0.3 is 4.42 Å². The minimum absolute atomic E-state index is 0.0640. The summed E-state index contributed by atoms with van der Waals surface area (Å²) >= 11 is 0. The lowest BCUT2D eigenvalue weighted by molar-refractivity contribution is 0.669. The quantitative estimate of drug-likeness (QED) is 0.174. The summed E-state index contributed by atoms with van der Waals surface area (Å²) in [7, 11) is 0. The van der Waals surface area contributed by atoms with Crippen LogP contribution in [0, 0.1) is 0 Å². The van der Waals surface area contributed by atoms with Crippen molar-refractivity contribution in [1.29, 1.82) is 0 Å². The molecule has 0 spiro atoms. The summed E-state index contributed by atoms with van der Waals surface area (Å²) in [5.74, 6) is 0. The Morgan fingerprint density at radius 3 is 1.55 bits per heavy atom. The van der Waals surface area contributed by atoms with Crippen LogP contribution in [-0.2, 0) is 0 Å². The van der Waals surface area contributed by atoms with Crippen molar-refractivity contribution in [3.63, 3.8) is 0 Å². The number of fused-ring (bicyclic) bond motifs is 6. The van der Waals surface area contributed by atoms with Crippen molar-refractivity contribution in [3.05, 3.63) is 181 Å². The minimum Gasteiger partial charge on any atom is -0.456 e. The van der Waals surface area contributed by atoms with Crippen LogP contribution in [0.4, 0.5) is 0 Å². The van der Waals surface area contributed by atoms with Crippen molar-refractivity contribution in [1.82, 2.24) is 0 Å². The molecule has 1 heterocycles. The lowest BCUT2D eigenvalue weighted by Crippen LogP contribution is -1.93. The number of benzene rings is 9. The maximum atomic E-state index is 9.72. The number of rotatable bonds is 4. The molecule has 9 aromatic carbocycles. The maximum Gasteiger partial charge on any atom is 0.136 e. The summed E-state index contributed by atoms with van der Waals surface area (Å²) in [6.07, 6.45) is 0. The molecule has 10 rings (SSSR count). The SMILES string of the molecule is [2H]c1c([2H])c([2H])c(-c2c([2H])c([2H])c([2H])c([2H])c2-c2c3c([2H])c([2H])c([2H])c([2H])c3c(-c3c([2H])c([2H])c([2H])c4oc5c([2H])c([2H])c([2H])c(-c6ccc7ccccc7c6)c5c34)c3c([2H])c([2H])c([2H])c([2H])c23)c([2H])c1[2H]. The van der Waals surface area contributed by atoms with Crippen LogP contribution in [0.2, 0.25) is 0 Å². The first-order valence-electron chi connectivity index (χ1n) is 26.5. The molecule has 0 atom stereocenters. The fraction of sp³-hybridized carbons (Fsp3) is 0. The molecule has 49 heavy (non-hydrogen) atoms. The molecular formula is C48H30O. The van der Waals surface area contributed by atoms with Crippen LogP contribution in [0.15, 0.2) is 186 Å². The fourth-order valence-electron chi connectivity index (χ4n) is 6.45. The van der Waals surface area contributed by atoms with Crippen LogP contribution in [-0.4, -0.2) is 0 Å². The van der Waals surface area contributed by atoms with Gasteiger partial charge in [-0.15, -0.1) is 0 Å². The fourth-order valence-corrected chi connectivity index (χ4v) is 6.45. The molecule has 0 bridgehead atoms. The van der Waals surface area contributed by atoms with Crippen molar-refractivity contribution in [2.24, 2.45) is 0 Å². The molecule has 1 heteroatoms. The molecule has 0 aliphatic rings. The highest BCUT2D eigenvalue weighted by Crippen LogP contribution is 2.49. The Hall–Kier alpha value is -6.44. The second kappa shape index (κ2) is 11.1. The molecule has 1 aromatic heterocycles. The van der Waals surface area contributed by atoms with Gasteiger partial charge in [0.2, 0.25) is 0 Å². The number of furan rings is 1. The van der Waals surface area contributed by atoms with Crippen molar-refractivity contribution in [2.75, 3.05) is 0 Å². The van der Waals surface area contributed by atoms with Crippen LogP contribution in [0.3, 0.4) is 0 Å². The molecule has 0 saturated heterocycles. The topological polar surface area (TPSA) is 13.1 Å². The average Bonchev–Trinajstić information content (AvgIpc) is 3.76. The largest absolute Gasteiger partial charge is 0.456 e. The molecule has 0 amide bonds. The van der Waals surface area contributed by atoms with Gasteiger partial charge >= 0.3 is 0 Å². The normalized spacial score (nSPS) is 18.2. The summed E-state index contributed by atoms with van der Waals surface area (Å²) in [4.78, 5) is 0. The monoisotopic (exact) mass is 645 g/mol. The van der Waals surface area contributed by atoms with Gasteiger partial charge in [0.05, 0.1) is 31.5 Å². The molecule has 0 saturated carbocycles. The molecule has 0 radical (unpaired) electrons. The van der Waals surface area contributed by atoms with E-state index in [0.717, 1.165) is 5.39 Å². The minimum atomic E-state index is -1.01. The molecule has 0 fully saturated rings. The smallest absolute Gasteiger partial charge is 0.136 e. The lowest BCUT2D eigenvalue weighted by atomic mass is 9.83. The Morgan fingerprint density at radius 1 is 0.367 bits per heavy atom. The lowest BCUT2D eigenvalue weighted by Gasteiger charge is -2.20. The molecule has 228 valence electrons. The third-order valence-electron chi connectivity index (χ3n) is 8.49. The van der Waals surface area contributed by atoms with Gasteiger partial charge in [-0.05, 0) is 95.0 Å². The second-order valence-corrected chi connectivity index (χ2v) is 11.1. The van der Waals surface area contributed by atoms with Crippen LogP contribution in [0.5, 0.6) is 0 Å². The molecule has 1 nitrogen and oxygen atoms in total. The Balaban J connectivity index is 1.56. The molecule has 0 unspecified atom stereocenters. The second-order valence-electron chi connectivity index (χ2n) is 11.1. The van der Waals surface area contributed by atoms with Crippen molar-refractivity contribution < 1.29 is 35.9 Å². The summed E-state index contributed by atoms with van der Waals surface area (Å²) in [6, 6.07) is -8.17. The zero-order chi connectivity index (χ0) is 52.3. The van der Waals surface area contributed by atoms with E-state index in [1.54, 1.807) is 36.4 Å². The van der Waals surface area contributed by atoms with E-state index >= 15 is 0 Å². The Kier molecular flexibility index (Phi) is 2.99. The van der Waals surface area contributed by atoms with Gasteiger partial charge in [-0.2, -0.15) is 0 Å². The standard InChI is InChI=1S/C48H30O/c1-2-15-32(16-3-1)35-18-6-7-19-37(35)45-38-20-8-10-22-40(38)46(41-23-11-9-21-39(41)45)42-25-13-27-44-48(42)47-36(24-12-26-43(47)49-44)34-29-28-31-14-4-5-17-33(31)30-34/h1-30H/i1D,2D,3D,6D,7D,8D,9D,10D,11D,12D,13D,15D,16D,18D,19D,20D,21D,22D,23D,24D,25D,26D,27D. The Bertz CT molecular complexity index is 4090. The van der Waals surface area contributed by atoms with Crippen LogP contribution >= 0.6 is 0 Å². The predicted molar refractivity (Wildman–Crippen MR) is 208 cm³/mol. The summed E-state index contributed by atoms with van der Waals surface area (Å²) < 4.78 is 216. The van der Waals surface area contributed by atoms with Crippen molar-refractivity contribution in [3.8, 4) is 44.5 Å². The maximum absolute atomic E-state index is 9.72. The van der Waals surface area contributed by atoms with Crippen molar-refractivity contribution in [2.45, 2.75) is 0 Å². The highest BCUT2D eigenvalue weighted by atomic mass is 16.3. The molecule has 0 aliphatic heterocycles. The molecule has 0 N–H and O–H groups in total. The van der Waals surface area contributed by atoms with Gasteiger partial charge in [-0.3, -0.25) is 0 Å². The van der Waals surface area contributed by atoms with Crippen LogP contribution < -0.4 is 0 Å². The Labute approximate surface area is 316 Å². The van der Waals surface area contributed by atoms with E-state index in [9.17, 15) is 11.0 Å². The average molecular weight is 646 g/mol. The zero-order valence-corrected chi connectivity index (χ0v) is 24.9. The highest BCUT2D eigenvalue weighted by molar-refractivity contribution is 6.27. The van der Waals surface area contributed by atoms with E-state index < -0.39 is 205 Å². The first kappa shape index (κ1) is 13.2. The third-order valence-corrected chi connectivity index (χ3v) is 8.49. The molecular weight excluding hydrogens is 593 g/mol. The molecule has 0 aliphatic carbocycles. The number of hydrogen-bond donors (Lipinski definition) is 0. The van der Waals surface area contributed by atoms with E-state index in [0.29, 0.717) is 5.39 Å². The first-order chi connectivity index (χ1) is 33.9. The van der Waals surface area contributed by atoms with E-state index in [-0.39, 0.29) is 21.9 Å². The van der Waals surface area contributed by atoms with Crippen molar-refractivity contribution >= 4 is 54.3 Å². The van der Waals surface area contributed by atoms with Gasteiger partial charge in [0.15, 0.2) is 0 Å². The summed E-state index contributed by atoms with van der Waals surface area (Å²) in [6.45, 7) is 0. The summed E-state index contributed by atoms with van der Waals surface area (Å²) in [5, 5.41) is -1.74. The van der Waals surface area contributed by atoms with Crippen LogP contribution in [0.25, 0.3) is 98.8 Å². The number of hydrogen-bond acceptors (Lipinski definition) is 1. The zero-order valence-electron chi connectivity index (χ0n) is 47.9. The Morgan fingerprint density at radius 2 is 0.878 bits per heavy atom. The predicted octanol–water partition coefficient (Wildman–Crippen LogP) is 13.7.